The molecule has 1 saturated heterocycles. The van der Waals surface area contributed by atoms with Crippen LogP contribution in [0.2, 0.25) is 0 Å². The number of rotatable bonds is 6. The molecule has 1 atom stereocenters. The molecule has 1 aliphatic heterocycles. The van der Waals surface area contributed by atoms with E-state index in [1.165, 1.54) is 15.8 Å². The van der Waals surface area contributed by atoms with E-state index in [-0.39, 0.29) is 48.8 Å². The van der Waals surface area contributed by atoms with Gasteiger partial charge in [0.2, 0.25) is 0 Å². The van der Waals surface area contributed by atoms with Crippen molar-refractivity contribution >= 4 is 6.09 Å². The minimum atomic E-state index is -2.96. The van der Waals surface area contributed by atoms with Crippen molar-refractivity contribution < 1.29 is 64.6 Å². The zero-order valence-corrected chi connectivity index (χ0v) is 23.1. The molecule has 1 fully saturated rings. The fourth-order valence-corrected chi connectivity index (χ4v) is 2.53. The summed E-state index contributed by atoms with van der Waals surface area (Å²) in [7, 11) is 0. The molecule has 1 amide bonds. The molecule has 10 nitrogen and oxygen atoms in total. The topological polar surface area (TPSA) is 149 Å². The number of hydrogen-bond donors (Lipinski definition) is 5. The number of nitrogens with zero attached hydrogens (tertiary/aromatic N) is 3. The van der Waals surface area contributed by atoms with Crippen LogP contribution in [-0.2, 0) is 4.74 Å². The number of aromatic nitrogens is 2. The van der Waals surface area contributed by atoms with Crippen LogP contribution in [0, 0.1) is 34.1 Å². The number of aliphatic hydroxyl groups excluding tert-OH is 1. The Morgan fingerprint density at radius 3 is 2.09 bits per heavy atom. The summed E-state index contributed by atoms with van der Waals surface area (Å²) in [5.41, 5.74) is 0.764. The average molecular weight is 485 g/mol. The third-order valence-corrected chi connectivity index (χ3v) is 3.97. The van der Waals surface area contributed by atoms with Gasteiger partial charge < -0.3 is 63.4 Å². The van der Waals surface area contributed by atoms with Crippen LogP contribution in [0.3, 0.4) is 0 Å². The number of carbonyl (C=O) groups is 1. The third-order valence-electron chi connectivity index (χ3n) is 3.97. The predicted molar refractivity (Wildman–Crippen MR) is 123 cm³/mol. The largest absolute Gasteiger partial charge is 1.00 e. The molecular formula is C22H43N3NaO7-3. The number of aliphatic hydroxyl groups is 5. The maximum Gasteiger partial charge on any atom is 1.00 e. The predicted octanol–water partition coefficient (Wildman–Crippen LogP) is -0.728. The van der Waals surface area contributed by atoms with Crippen molar-refractivity contribution in [2.24, 2.45) is 5.92 Å². The van der Waals surface area contributed by atoms with E-state index in [0.29, 0.717) is 25.9 Å². The number of likely N-dealkylation sites (tertiary alicyclic amines) is 1. The van der Waals surface area contributed by atoms with Crippen molar-refractivity contribution in [1.82, 2.24) is 14.7 Å². The van der Waals surface area contributed by atoms with E-state index in [1.807, 2.05) is 27.7 Å². The van der Waals surface area contributed by atoms with Gasteiger partial charge in [0, 0.05) is 18.4 Å². The third kappa shape index (κ3) is 16.5. The Hall–Kier alpha value is -0.720. The zero-order valence-electron chi connectivity index (χ0n) is 21.1. The number of carbonyl (C=O) groups excluding carboxylic acids is 1. The molecule has 2 heterocycles. The first-order valence-electron chi connectivity index (χ1n) is 10.5. The van der Waals surface area contributed by atoms with Gasteiger partial charge in [-0.05, 0) is 12.6 Å². The summed E-state index contributed by atoms with van der Waals surface area (Å²) in [5.74, 6) is -2.65. The first-order valence-corrected chi connectivity index (χ1v) is 10.5. The molecule has 0 bridgehead atoms. The molecule has 0 radical (unpaired) electrons. The summed E-state index contributed by atoms with van der Waals surface area (Å²) >= 11 is 0. The molecule has 11 heteroatoms. The standard InChI is InChI=1S/C9H14N2O2.C8H14NO5.2C2H6.CH3.Na/c1-3-7(4-2)8-5-6-10-11(8)9(12)13;1-6-2-3-9(4-6)7(10)14-5-8(11,12)13;2*1-2;;/h5-7,9,12-13H,1-4H2;6,11-13H,1-5H2;2*1-2H3;1H3;/q-2;-1;;;-1;+1. The van der Waals surface area contributed by atoms with Gasteiger partial charge in [-0.15, -0.1) is 5.92 Å². The zero-order chi connectivity index (χ0) is 24.6. The molecule has 0 aliphatic carbocycles. The van der Waals surface area contributed by atoms with Crippen molar-refractivity contribution in [3.8, 4) is 0 Å². The summed E-state index contributed by atoms with van der Waals surface area (Å²) in [5, 5.41) is 47.1. The Labute approximate surface area is 221 Å². The monoisotopic (exact) mass is 484 g/mol. The van der Waals surface area contributed by atoms with Crippen molar-refractivity contribution in [3.05, 3.63) is 46.2 Å². The van der Waals surface area contributed by atoms with Crippen molar-refractivity contribution in [3.63, 3.8) is 0 Å². The van der Waals surface area contributed by atoms with Crippen LogP contribution >= 0.6 is 0 Å². The van der Waals surface area contributed by atoms with Crippen LogP contribution in [0.15, 0.2) is 12.3 Å². The van der Waals surface area contributed by atoms with Gasteiger partial charge in [0.1, 0.15) is 0 Å². The minimum absolute atomic E-state index is 0. The molecule has 1 aliphatic rings. The van der Waals surface area contributed by atoms with Crippen LogP contribution in [0.25, 0.3) is 0 Å². The Balaban J connectivity index is -0.000000210. The molecule has 1 aromatic heterocycles. The quantitative estimate of drug-likeness (QED) is 0.202. The Bertz CT molecular complexity index is 577. The average Bonchev–Trinajstić information content (AvgIpc) is 3.40. The molecular weight excluding hydrogens is 441 g/mol. The van der Waals surface area contributed by atoms with E-state index < -0.39 is 25.1 Å². The van der Waals surface area contributed by atoms with Crippen LogP contribution in [0.1, 0.15) is 65.0 Å². The summed E-state index contributed by atoms with van der Waals surface area (Å²) in [6.07, 6.45) is 1.43. The van der Waals surface area contributed by atoms with Crippen molar-refractivity contribution in [2.45, 2.75) is 65.3 Å². The first-order chi connectivity index (χ1) is 14.6. The molecule has 1 unspecified atom stereocenters. The van der Waals surface area contributed by atoms with E-state index in [0.717, 1.165) is 12.1 Å². The van der Waals surface area contributed by atoms with Crippen molar-refractivity contribution in [1.29, 1.82) is 0 Å². The van der Waals surface area contributed by atoms with Crippen LogP contribution in [0.5, 0.6) is 0 Å². The fourth-order valence-electron chi connectivity index (χ4n) is 2.53. The summed E-state index contributed by atoms with van der Waals surface area (Å²) in [6.45, 7) is 19.5. The van der Waals surface area contributed by atoms with Gasteiger partial charge >= 0.3 is 41.6 Å². The molecule has 1 aromatic rings. The molecule has 5 N–H and O–H groups in total. The van der Waals surface area contributed by atoms with Crippen LogP contribution in [-0.4, -0.2) is 72.0 Å². The van der Waals surface area contributed by atoms with E-state index >= 15 is 0 Å². The smallest absolute Gasteiger partial charge is 0.441 e. The molecule has 192 valence electrons. The summed E-state index contributed by atoms with van der Waals surface area (Å²) in [6, 6.07) is 1.75. The SMILES string of the molecule is CC.CC.[CH2-]C1CCN(C(=O)OCC(O)(O)O)C1.[CH2-]CC(C[CH2-])c1ccnn1C(O)O.[CH3-].[Na+]. The Morgan fingerprint density at radius 2 is 1.73 bits per heavy atom. The van der Waals surface area contributed by atoms with Crippen LogP contribution in [0.4, 0.5) is 4.79 Å². The van der Waals surface area contributed by atoms with Gasteiger partial charge in [-0.1, -0.05) is 40.0 Å². The number of hydrogen-bond acceptors (Lipinski definition) is 8. The van der Waals surface area contributed by atoms with Gasteiger partial charge in [0.15, 0.2) is 6.61 Å². The summed E-state index contributed by atoms with van der Waals surface area (Å²) in [4.78, 5) is 12.6. The Morgan fingerprint density at radius 1 is 1.21 bits per heavy atom. The van der Waals surface area contributed by atoms with Gasteiger partial charge in [0.05, 0.1) is 0 Å². The number of amides is 1. The molecule has 0 aromatic carbocycles. The van der Waals surface area contributed by atoms with Gasteiger partial charge in [-0.2, -0.15) is 17.9 Å². The minimum Gasteiger partial charge on any atom is -0.441 e. The fraction of sp³-hybridized carbons (Fsp3) is 0.636. The van der Waals surface area contributed by atoms with Crippen LogP contribution < -0.4 is 29.6 Å². The first kappa shape index (κ1) is 39.5. The molecule has 0 spiro atoms. The second-order valence-corrected chi connectivity index (χ2v) is 6.25. The van der Waals surface area contributed by atoms with Gasteiger partial charge in [-0.3, -0.25) is 0 Å². The molecule has 33 heavy (non-hydrogen) atoms. The normalized spacial score (nSPS) is 14.5. The maximum absolute atomic E-state index is 11.2. The van der Waals surface area contributed by atoms with Gasteiger partial charge in [-0.25, -0.2) is 9.48 Å². The van der Waals surface area contributed by atoms with E-state index in [2.05, 4.69) is 30.6 Å². The second-order valence-electron chi connectivity index (χ2n) is 6.25. The summed E-state index contributed by atoms with van der Waals surface area (Å²) < 4.78 is 5.62. The molecule has 0 saturated carbocycles. The Kier molecular flexibility index (Phi) is 26.1. The molecule has 2 rings (SSSR count). The number of ether oxygens (including phenoxy) is 1. The van der Waals surface area contributed by atoms with Gasteiger partial charge in [0.25, 0.3) is 6.41 Å². The van der Waals surface area contributed by atoms with E-state index in [4.69, 9.17) is 25.5 Å². The maximum atomic E-state index is 11.2. The van der Waals surface area contributed by atoms with E-state index in [9.17, 15) is 4.79 Å². The second kappa shape index (κ2) is 21.8. The van der Waals surface area contributed by atoms with E-state index in [1.54, 1.807) is 6.07 Å². The van der Waals surface area contributed by atoms with Crippen molar-refractivity contribution in [2.75, 3.05) is 19.7 Å².